The molecule has 2 saturated heterocycles. The first-order valence-corrected chi connectivity index (χ1v) is 8.86. The quantitative estimate of drug-likeness (QED) is 0.833. The maximum Gasteiger partial charge on any atom is 0.276 e. The van der Waals surface area contributed by atoms with Gasteiger partial charge in [0.05, 0.1) is 18.6 Å². The summed E-state index contributed by atoms with van der Waals surface area (Å²) in [5.74, 6) is 2.86. The van der Waals surface area contributed by atoms with Crippen molar-refractivity contribution in [3.05, 3.63) is 29.2 Å². The summed E-state index contributed by atoms with van der Waals surface area (Å²) < 4.78 is 16.6. The standard InChI is InChI=1S/C17H20N4O4/c1-9-18-16(25-19-9)5-12-4-11-7-21(8-15(11)23-12)17(22)13-6-14(24-20-13)10-2-3-10/h6,10-12,15H,2-5,7-8H2,1H3/t11-,12-,15+/m0/s1. The van der Waals surface area contributed by atoms with Gasteiger partial charge < -0.3 is 18.7 Å². The predicted molar refractivity (Wildman–Crippen MR) is 83.9 cm³/mol. The Morgan fingerprint density at radius 3 is 2.88 bits per heavy atom. The van der Waals surface area contributed by atoms with E-state index in [2.05, 4.69) is 15.3 Å². The maximum absolute atomic E-state index is 12.6. The Balaban J connectivity index is 1.19. The van der Waals surface area contributed by atoms with Crippen molar-refractivity contribution in [1.29, 1.82) is 0 Å². The van der Waals surface area contributed by atoms with Gasteiger partial charge in [-0.3, -0.25) is 4.79 Å². The number of hydrogen-bond acceptors (Lipinski definition) is 7. The van der Waals surface area contributed by atoms with E-state index in [-0.39, 0.29) is 18.1 Å². The number of amides is 1. The number of rotatable bonds is 4. The first kappa shape index (κ1) is 15.1. The van der Waals surface area contributed by atoms with Crippen LogP contribution in [0.4, 0.5) is 0 Å². The number of likely N-dealkylation sites (tertiary alicyclic amines) is 1. The molecule has 0 N–H and O–H groups in total. The van der Waals surface area contributed by atoms with Gasteiger partial charge in [-0.1, -0.05) is 10.3 Å². The second-order valence-electron chi connectivity index (χ2n) is 7.33. The Kier molecular flexibility index (Phi) is 3.41. The third-order valence-electron chi connectivity index (χ3n) is 5.30. The Morgan fingerprint density at radius 2 is 2.16 bits per heavy atom. The molecular weight excluding hydrogens is 324 g/mol. The fourth-order valence-corrected chi connectivity index (χ4v) is 3.89. The Labute approximate surface area is 144 Å². The van der Waals surface area contributed by atoms with Gasteiger partial charge in [0.1, 0.15) is 5.76 Å². The van der Waals surface area contributed by atoms with Crippen LogP contribution in [-0.4, -0.2) is 51.4 Å². The van der Waals surface area contributed by atoms with Crippen LogP contribution in [0.25, 0.3) is 0 Å². The van der Waals surface area contributed by atoms with Crippen molar-refractivity contribution in [2.45, 2.75) is 50.7 Å². The van der Waals surface area contributed by atoms with Crippen LogP contribution in [0.15, 0.2) is 15.1 Å². The summed E-state index contributed by atoms with van der Waals surface area (Å²) in [6, 6.07) is 1.80. The van der Waals surface area contributed by atoms with E-state index in [1.807, 2.05) is 4.90 Å². The Bertz CT molecular complexity index is 782. The van der Waals surface area contributed by atoms with Gasteiger partial charge in [0.15, 0.2) is 11.5 Å². The van der Waals surface area contributed by atoms with Crippen LogP contribution in [0.2, 0.25) is 0 Å². The number of ether oxygens (including phenoxy) is 1. The summed E-state index contributed by atoms with van der Waals surface area (Å²) in [6.45, 7) is 3.11. The highest BCUT2D eigenvalue weighted by Gasteiger charge is 2.44. The molecule has 1 aliphatic carbocycles. The van der Waals surface area contributed by atoms with Gasteiger partial charge in [0.2, 0.25) is 5.89 Å². The van der Waals surface area contributed by atoms with Gasteiger partial charge >= 0.3 is 0 Å². The molecule has 0 aromatic carbocycles. The molecule has 1 amide bonds. The molecule has 132 valence electrons. The maximum atomic E-state index is 12.6. The number of nitrogens with zero attached hydrogens (tertiary/aromatic N) is 4. The fraction of sp³-hybridized carbons (Fsp3) is 0.647. The monoisotopic (exact) mass is 344 g/mol. The molecule has 8 nitrogen and oxygen atoms in total. The Morgan fingerprint density at radius 1 is 1.28 bits per heavy atom. The second-order valence-corrected chi connectivity index (χ2v) is 7.33. The van der Waals surface area contributed by atoms with Gasteiger partial charge in [-0.2, -0.15) is 4.98 Å². The SMILES string of the molecule is Cc1noc(C[C@@H]2C[C@H]3CN(C(=O)c4cc(C5CC5)on4)C[C@H]3O2)n1. The molecule has 1 saturated carbocycles. The van der Waals surface area contributed by atoms with Gasteiger partial charge in [-0.25, -0.2) is 0 Å². The number of hydrogen-bond donors (Lipinski definition) is 0. The first-order valence-electron chi connectivity index (χ1n) is 8.86. The van der Waals surface area contributed by atoms with Crippen LogP contribution in [-0.2, 0) is 11.2 Å². The molecule has 4 heterocycles. The summed E-state index contributed by atoms with van der Waals surface area (Å²) >= 11 is 0. The smallest absolute Gasteiger partial charge is 0.276 e. The molecule has 0 radical (unpaired) electrons. The van der Waals surface area contributed by atoms with Crippen LogP contribution in [0.1, 0.15) is 53.1 Å². The minimum atomic E-state index is -0.0577. The minimum Gasteiger partial charge on any atom is -0.372 e. The van der Waals surface area contributed by atoms with E-state index < -0.39 is 0 Å². The van der Waals surface area contributed by atoms with E-state index >= 15 is 0 Å². The van der Waals surface area contributed by atoms with E-state index in [1.165, 1.54) is 0 Å². The average molecular weight is 344 g/mol. The zero-order valence-corrected chi connectivity index (χ0v) is 14.1. The predicted octanol–water partition coefficient (Wildman–Crippen LogP) is 1.72. The van der Waals surface area contributed by atoms with Crippen molar-refractivity contribution in [2.24, 2.45) is 5.92 Å². The summed E-state index contributed by atoms with van der Waals surface area (Å²) in [7, 11) is 0. The van der Waals surface area contributed by atoms with Crippen molar-refractivity contribution in [3.63, 3.8) is 0 Å². The van der Waals surface area contributed by atoms with E-state index in [9.17, 15) is 4.79 Å². The van der Waals surface area contributed by atoms with Crippen LogP contribution in [0, 0.1) is 12.8 Å². The molecule has 3 fully saturated rings. The second kappa shape index (κ2) is 5.66. The largest absolute Gasteiger partial charge is 0.372 e. The highest BCUT2D eigenvalue weighted by Crippen LogP contribution is 2.40. The van der Waals surface area contributed by atoms with Crippen molar-refractivity contribution >= 4 is 5.91 Å². The summed E-state index contributed by atoms with van der Waals surface area (Å²) in [5, 5.41) is 7.76. The van der Waals surface area contributed by atoms with Gasteiger partial charge in [0.25, 0.3) is 5.91 Å². The summed E-state index contributed by atoms with van der Waals surface area (Å²) in [6.07, 6.45) is 3.96. The van der Waals surface area contributed by atoms with E-state index in [4.69, 9.17) is 13.8 Å². The molecular formula is C17H20N4O4. The molecule has 5 rings (SSSR count). The van der Waals surface area contributed by atoms with Crippen molar-refractivity contribution in [1.82, 2.24) is 20.2 Å². The lowest BCUT2D eigenvalue weighted by molar-refractivity contribution is 0.0328. The number of carbonyl (C=O) groups is 1. The van der Waals surface area contributed by atoms with E-state index in [0.29, 0.717) is 48.8 Å². The molecule has 0 spiro atoms. The van der Waals surface area contributed by atoms with Crippen molar-refractivity contribution in [2.75, 3.05) is 13.1 Å². The number of aromatic nitrogens is 3. The molecule has 8 heteroatoms. The van der Waals surface area contributed by atoms with Crippen LogP contribution < -0.4 is 0 Å². The fourth-order valence-electron chi connectivity index (χ4n) is 3.89. The molecule has 25 heavy (non-hydrogen) atoms. The summed E-state index contributed by atoms with van der Waals surface area (Å²) in [4.78, 5) is 18.7. The molecule has 2 aliphatic heterocycles. The van der Waals surface area contributed by atoms with Crippen LogP contribution in [0.3, 0.4) is 0 Å². The molecule has 3 aliphatic rings. The Hall–Kier alpha value is -2.22. The average Bonchev–Trinajstić information content (AvgIpc) is 2.93. The van der Waals surface area contributed by atoms with Gasteiger partial charge in [0, 0.05) is 31.0 Å². The molecule has 2 aromatic heterocycles. The van der Waals surface area contributed by atoms with Crippen LogP contribution >= 0.6 is 0 Å². The third-order valence-corrected chi connectivity index (χ3v) is 5.30. The lowest BCUT2D eigenvalue weighted by Crippen LogP contribution is -2.31. The molecule has 0 unspecified atom stereocenters. The van der Waals surface area contributed by atoms with Crippen molar-refractivity contribution in [3.8, 4) is 0 Å². The summed E-state index contributed by atoms with van der Waals surface area (Å²) in [5.41, 5.74) is 0.416. The zero-order valence-electron chi connectivity index (χ0n) is 14.1. The van der Waals surface area contributed by atoms with Gasteiger partial charge in [-0.05, 0) is 26.2 Å². The lowest BCUT2D eigenvalue weighted by Gasteiger charge is -2.17. The van der Waals surface area contributed by atoms with E-state index in [1.54, 1.807) is 13.0 Å². The topological polar surface area (TPSA) is 94.5 Å². The highest BCUT2D eigenvalue weighted by atomic mass is 16.5. The number of fused-ring (bicyclic) bond motifs is 1. The first-order chi connectivity index (χ1) is 12.2. The van der Waals surface area contributed by atoms with Crippen LogP contribution in [0.5, 0.6) is 0 Å². The zero-order chi connectivity index (χ0) is 17.0. The highest BCUT2D eigenvalue weighted by molar-refractivity contribution is 5.92. The van der Waals surface area contributed by atoms with Crippen molar-refractivity contribution < 1.29 is 18.6 Å². The lowest BCUT2D eigenvalue weighted by atomic mass is 10.0. The third kappa shape index (κ3) is 2.84. The number of carbonyl (C=O) groups excluding carboxylic acids is 1. The minimum absolute atomic E-state index is 0.0577. The normalized spacial score (nSPS) is 28.5. The van der Waals surface area contributed by atoms with Gasteiger partial charge in [-0.15, -0.1) is 0 Å². The molecule has 2 aromatic rings. The molecule has 3 atom stereocenters. The number of aryl methyl sites for hydroxylation is 1. The molecule has 0 bridgehead atoms. The van der Waals surface area contributed by atoms with E-state index in [0.717, 1.165) is 25.0 Å².